The van der Waals surface area contributed by atoms with Crippen LogP contribution in [0.5, 0.6) is 0 Å². The fourth-order valence-corrected chi connectivity index (χ4v) is 2.70. The van der Waals surface area contributed by atoms with E-state index < -0.39 is 6.17 Å². The van der Waals surface area contributed by atoms with Gasteiger partial charge in [0.25, 0.3) is 0 Å². The van der Waals surface area contributed by atoms with Gasteiger partial charge in [-0.1, -0.05) is 60.7 Å². The standard InChI is InChI=1S/C15H15FS/c1-17-15(13-10-6-3-7-11-13)14(16)12-8-4-2-5-9-12/h2-11,14-15H,1H3/t14-,15-/m0/s1. The van der Waals surface area contributed by atoms with Crippen LogP contribution in [0, 0.1) is 0 Å². The maximum atomic E-state index is 14.5. The second-order valence-corrected chi connectivity index (χ2v) is 4.86. The zero-order valence-corrected chi connectivity index (χ0v) is 10.5. The van der Waals surface area contributed by atoms with Crippen LogP contribution in [0.25, 0.3) is 0 Å². The van der Waals surface area contributed by atoms with Crippen molar-refractivity contribution < 1.29 is 4.39 Å². The van der Waals surface area contributed by atoms with E-state index in [0.717, 1.165) is 11.1 Å². The molecule has 0 nitrogen and oxygen atoms in total. The number of halogens is 1. The topological polar surface area (TPSA) is 0 Å². The van der Waals surface area contributed by atoms with Crippen molar-refractivity contribution in [3.8, 4) is 0 Å². The number of benzene rings is 2. The predicted molar refractivity (Wildman–Crippen MR) is 73.0 cm³/mol. The van der Waals surface area contributed by atoms with Crippen LogP contribution in [0.1, 0.15) is 22.5 Å². The first-order valence-electron chi connectivity index (χ1n) is 5.59. The minimum absolute atomic E-state index is 0.140. The number of hydrogen-bond donors (Lipinski definition) is 0. The summed E-state index contributed by atoms with van der Waals surface area (Å²) in [5, 5.41) is -0.140. The second kappa shape index (κ2) is 5.87. The zero-order valence-electron chi connectivity index (χ0n) is 9.71. The number of alkyl halides is 1. The maximum Gasteiger partial charge on any atom is 0.141 e. The third kappa shape index (κ3) is 2.89. The highest BCUT2D eigenvalue weighted by Crippen LogP contribution is 2.40. The molecule has 0 heterocycles. The van der Waals surface area contributed by atoms with E-state index in [4.69, 9.17) is 0 Å². The van der Waals surface area contributed by atoms with Crippen LogP contribution in [0.15, 0.2) is 60.7 Å². The molecule has 0 saturated heterocycles. The summed E-state index contributed by atoms with van der Waals surface area (Å²) < 4.78 is 14.5. The van der Waals surface area contributed by atoms with E-state index >= 15 is 0 Å². The number of thioether (sulfide) groups is 1. The van der Waals surface area contributed by atoms with Crippen LogP contribution >= 0.6 is 11.8 Å². The SMILES string of the molecule is CS[C@@H](c1ccccc1)[C@@H](F)c1ccccc1. The molecule has 0 fully saturated rings. The van der Waals surface area contributed by atoms with Crippen LogP contribution < -0.4 is 0 Å². The lowest BCUT2D eigenvalue weighted by atomic mass is 10.0. The lowest BCUT2D eigenvalue weighted by Gasteiger charge is -2.19. The van der Waals surface area contributed by atoms with Gasteiger partial charge in [0.2, 0.25) is 0 Å². The largest absolute Gasteiger partial charge is 0.241 e. The Morgan fingerprint density at radius 2 is 1.29 bits per heavy atom. The summed E-state index contributed by atoms with van der Waals surface area (Å²) in [6.45, 7) is 0. The molecule has 0 saturated carbocycles. The van der Waals surface area contributed by atoms with E-state index in [0.29, 0.717) is 0 Å². The summed E-state index contributed by atoms with van der Waals surface area (Å²) in [5.74, 6) is 0. The highest BCUT2D eigenvalue weighted by molar-refractivity contribution is 7.98. The lowest BCUT2D eigenvalue weighted by molar-refractivity contribution is 0.337. The molecular weight excluding hydrogens is 231 g/mol. The fraction of sp³-hybridized carbons (Fsp3) is 0.200. The molecule has 0 N–H and O–H groups in total. The van der Waals surface area contributed by atoms with Gasteiger partial charge in [-0.25, -0.2) is 4.39 Å². The lowest BCUT2D eigenvalue weighted by Crippen LogP contribution is -2.03. The molecule has 2 rings (SSSR count). The van der Waals surface area contributed by atoms with Crippen molar-refractivity contribution in [2.24, 2.45) is 0 Å². The summed E-state index contributed by atoms with van der Waals surface area (Å²) in [4.78, 5) is 0. The van der Waals surface area contributed by atoms with Gasteiger partial charge in [-0.15, -0.1) is 0 Å². The van der Waals surface area contributed by atoms with Crippen molar-refractivity contribution in [1.29, 1.82) is 0 Å². The Hall–Kier alpha value is -1.28. The Morgan fingerprint density at radius 3 is 1.76 bits per heavy atom. The van der Waals surface area contributed by atoms with Gasteiger partial charge in [0.05, 0.1) is 5.25 Å². The normalized spacial score (nSPS) is 14.2. The quantitative estimate of drug-likeness (QED) is 0.746. The highest BCUT2D eigenvalue weighted by atomic mass is 32.2. The van der Waals surface area contributed by atoms with Crippen molar-refractivity contribution in [2.45, 2.75) is 11.4 Å². The Labute approximate surface area is 106 Å². The molecule has 0 bridgehead atoms. The van der Waals surface area contributed by atoms with Gasteiger partial charge in [-0.2, -0.15) is 11.8 Å². The van der Waals surface area contributed by atoms with Gasteiger partial charge in [0, 0.05) is 0 Å². The molecule has 0 aliphatic carbocycles. The minimum atomic E-state index is -0.964. The third-order valence-electron chi connectivity index (χ3n) is 2.77. The average molecular weight is 246 g/mol. The van der Waals surface area contributed by atoms with E-state index in [1.807, 2.05) is 66.9 Å². The Balaban J connectivity index is 2.25. The maximum absolute atomic E-state index is 14.5. The van der Waals surface area contributed by atoms with Crippen LogP contribution in [-0.2, 0) is 0 Å². The minimum Gasteiger partial charge on any atom is -0.241 e. The van der Waals surface area contributed by atoms with Gasteiger partial charge < -0.3 is 0 Å². The van der Waals surface area contributed by atoms with Gasteiger partial charge in [-0.05, 0) is 17.4 Å². The van der Waals surface area contributed by atoms with E-state index in [9.17, 15) is 4.39 Å². The summed E-state index contributed by atoms with van der Waals surface area (Å²) >= 11 is 1.55. The van der Waals surface area contributed by atoms with Crippen LogP contribution in [0.3, 0.4) is 0 Å². The predicted octanol–water partition coefficient (Wildman–Crippen LogP) is 4.80. The van der Waals surface area contributed by atoms with Crippen molar-refractivity contribution >= 4 is 11.8 Å². The fourth-order valence-electron chi connectivity index (χ4n) is 1.88. The molecule has 2 aromatic carbocycles. The van der Waals surface area contributed by atoms with Crippen molar-refractivity contribution in [1.82, 2.24) is 0 Å². The summed E-state index contributed by atoms with van der Waals surface area (Å²) in [6.07, 6.45) is 0.987. The van der Waals surface area contributed by atoms with Gasteiger partial charge in [0.1, 0.15) is 6.17 Å². The average Bonchev–Trinajstić information content (AvgIpc) is 2.42. The molecule has 2 aromatic rings. The molecule has 0 unspecified atom stereocenters. The number of rotatable bonds is 4. The molecule has 0 aliphatic rings. The molecule has 2 heteroatoms. The second-order valence-electron chi connectivity index (χ2n) is 3.88. The molecule has 2 atom stereocenters. The molecule has 0 amide bonds. The first kappa shape index (κ1) is 12.2. The Kier molecular flexibility index (Phi) is 4.21. The van der Waals surface area contributed by atoms with E-state index in [2.05, 4.69) is 0 Å². The molecule has 0 aliphatic heterocycles. The third-order valence-corrected chi connectivity index (χ3v) is 3.78. The molecule has 0 spiro atoms. The summed E-state index contributed by atoms with van der Waals surface area (Å²) in [5.41, 5.74) is 1.78. The van der Waals surface area contributed by atoms with Crippen molar-refractivity contribution in [3.63, 3.8) is 0 Å². The van der Waals surface area contributed by atoms with Crippen molar-refractivity contribution in [3.05, 3.63) is 71.8 Å². The van der Waals surface area contributed by atoms with Crippen LogP contribution in [-0.4, -0.2) is 6.26 Å². The molecule has 17 heavy (non-hydrogen) atoms. The van der Waals surface area contributed by atoms with E-state index in [-0.39, 0.29) is 5.25 Å². The highest BCUT2D eigenvalue weighted by Gasteiger charge is 2.23. The zero-order chi connectivity index (χ0) is 12.1. The van der Waals surface area contributed by atoms with Crippen molar-refractivity contribution in [2.75, 3.05) is 6.26 Å². The van der Waals surface area contributed by atoms with Crippen LogP contribution in [0.2, 0.25) is 0 Å². The monoisotopic (exact) mass is 246 g/mol. The first-order chi connectivity index (χ1) is 8.33. The summed E-state index contributed by atoms with van der Waals surface area (Å²) in [6, 6.07) is 19.2. The van der Waals surface area contributed by atoms with Gasteiger partial charge in [0.15, 0.2) is 0 Å². The molecule has 0 radical (unpaired) electrons. The molecule has 0 aromatic heterocycles. The summed E-state index contributed by atoms with van der Waals surface area (Å²) in [7, 11) is 0. The van der Waals surface area contributed by atoms with Gasteiger partial charge in [-0.3, -0.25) is 0 Å². The molecule has 88 valence electrons. The smallest absolute Gasteiger partial charge is 0.141 e. The van der Waals surface area contributed by atoms with Crippen LogP contribution in [0.4, 0.5) is 4.39 Å². The first-order valence-corrected chi connectivity index (χ1v) is 6.88. The van der Waals surface area contributed by atoms with E-state index in [1.54, 1.807) is 11.8 Å². The van der Waals surface area contributed by atoms with Gasteiger partial charge >= 0.3 is 0 Å². The molecular formula is C15H15FS. The van der Waals surface area contributed by atoms with E-state index in [1.165, 1.54) is 0 Å². The Morgan fingerprint density at radius 1 is 0.824 bits per heavy atom. The number of hydrogen-bond acceptors (Lipinski definition) is 1. The Bertz CT molecular complexity index is 441.